The molecule has 2 aliphatic rings. The second-order valence-corrected chi connectivity index (χ2v) is 8.89. The molecule has 2 unspecified atom stereocenters. The van der Waals surface area contributed by atoms with Gasteiger partial charge in [-0.05, 0) is 54.9 Å². The average molecular weight is 449 g/mol. The van der Waals surface area contributed by atoms with Gasteiger partial charge in [-0.1, -0.05) is 28.8 Å². The van der Waals surface area contributed by atoms with Gasteiger partial charge >= 0.3 is 0 Å². The van der Waals surface area contributed by atoms with Crippen LogP contribution in [-0.2, 0) is 0 Å². The number of hydrogen-bond acceptors (Lipinski definition) is 5. The van der Waals surface area contributed by atoms with Gasteiger partial charge in [0.15, 0.2) is 0 Å². The molecular weight excluding hydrogens is 423 g/mol. The lowest BCUT2D eigenvalue weighted by molar-refractivity contribution is 0.208. The van der Waals surface area contributed by atoms with Crippen LogP contribution >= 0.6 is 15.9 Å². The predicted octanol–water partition coefficient (Wildman–Crippen LogP) is 4.54. The summed E-state index contributed by atoms with van der Waals surface area (Å²) in [5.74, 6) is 2.38. The van der Waals surface area contributed by atoms with Crippen molar-refractivity contribution in [3.63, 3.8) is 0 Å². The van der Waals surface area contributed by atoms with Crippen LogP contribution < -0.4 is 10.2 Å². The van der Waals surface area contributed by atoms with Crippen LogP contribution in [-0.4, -0.2) is 34.8 Å². The van der Waals surface area contributed by atoms with Gasteiger partial charge in [0, 0.05) is 30.2 Å². The van der Waals surface area contributed by atoms with E-state index >= 15 is 0 Å². The van der Waals surface area contributed by atoms with E-state index in [-0.39, 0.29) is 18.5 Å². The maximum absolute atomic E-state index is 13.9. The molecule has 2 N–H and O–H groups in total. The number of aliphatic hydroxyl groups is 1. The van der Waals surface area contributed by atoms with Crippen LogP contribution in [0.3, 0.4) is 0 Å². The second kappa shape index (κ2) is 8.74. The molecule has 2 atom stereocenters. The summed E-state index contributed by atoms with van der Waals surface area (Å²) < 4.78 is 14.7. The van der Waals surface area contributed by atoms with E-state index in [0.29, 0.717) is 11.8 Å². The molecule has 2 fully saturated rings. The summed E-state index contributed by atoms with van der Waals surface area (Å²) in [6.45, 7) is 1.97. The highest BCUT2D eigenvalue weighted by Gasteiger charge is 2.27. The quantitative estimate of drug-likeness (QED) is 0.650. The summed E-state index contributed by atoms with van der Waals surface area (Å²) in [5.41, 5.74) is 0.928. The minimum Gasteiger partial charge on any atom is -0.396 e. The number of piperidine rings is 1. The van der Waals surface area contributed by atoms with Crippen molar-refractivity contribution >= 4 is 27.6 Å². The smallest absolute Gasteiger partial charge is 0.134 e. The van der Waals surface area contributed by atoms with Gasteiger partial charge in [-0.3, -0.25) is 0 Å². The molecule has 2 heterocycles. The van der Waals surface area contributed by atoms with Crippen LogP contribution in [0.2, 0.25) is 0 Å². The molecule has 150 valence electrons. The highest BCUT2D eigenvalue weighted by atomic mass is 79.9. The molecular formula is C21H26BrFN4O. The van der Waals surface area contributed by atoms with E-state index in [1.807, 2.05) is 12.1 Å². The molecule has 28 heavy (non-hydrogen) atoms. The molecule has 0 bridgehead atoms. The highest BCUT2D eigenvalue weighted by Crippen LogP contribution is 2.39. The number of nitrogens with one attached hydrogen (secondary N) is 1. The lowest BCUT2D eigenvalue weighted by atomic mass is 9.99. The van der Waals surface area contributed by atoms with Crippen molar-refractivity contribution in [3.8, 4) is 0 Å². The third kappa shape index (κ3) is 5.00. The zero-order chi connectivity index (χ0) is 19.5. The molecule has 1 aromatic carbocycles. The summed E-state index contributed by atoms with van der Waals surface area (Å²) in [7, 11) is 0. The number of anilines is 2. The molecule has 1 aromatic heterocycles. The normalized spacial score (nSPS) is 20.8. The van der Waals surface area contributed by atoms with Gasteiger partial charge in [-0.25, -0.2) is 14.4 Å². The summed E-state index contributed by atoms with van der Waals surface area (Å²) in [4.78, 5) is 11.1. The number of halogens is 2. The van der Waals surface area contributed by atoms with Gasteiger partial charge in [-0.2, -0.15) is 0 Å². The molecule has 1 aliphatic carbocycles. The number of nitrogens with zero attached hydrogens (tertiary/aromatic N) is 3. The third-order valence-electron chi connectivity index (χ3n) is 5.63. The van der Waals surface area contributed by atoms with Crippen molar-refractivity contribution in [2.75, 3.05) is 29.9 Å². The van der Waals surface area contributed by atoms with Gasteiger partial charge in [-0.15, -0.1) is 0 Å². The lowest BCUT2D eigenvalue weighted by Crippen LogP contribution is -2.37. The summed E-state index contributed by atoms with van der Waals surface area (Å²) in [6, 6.07) is 7.03. The largest absolute Gasteiger partial charge is 0.396 e. The average Bonchev–Trinajstić information content (AvgIpc) is 3.51. The van der Waals surface area contributed by atoms with E-state index in [4.69, 9.17) is 0 Å². The van der Waals surface area contributed by atoms with Gasteiger partial charge in [0.25, 0.3) is 0 Å². The maximum atomic E-state index is 13.9. The minimum absolute atomic E-state index is 0.00814. The standard InChI is InChI=1S/C21H26BrFN4O/c22-17-7-16(8-18(23)9-17)19(6-14-3-4-14)26-20-10-21(25-13-24-20)27-5-1-2-15(11-27)12-28/h7-10,13-15,19,28H,1-6,11-12H2,(H,24,25,26). The van der Waals surface area contributed by atoms with Crippen molar-refractivity contribution in [2.45, 2.75) is 38.1 Å². The van der Waals surface area contributed by atoms with Gasteiger partial charge in [0.05, 0.1) is 6.04 Å². The first kappa shape index (κ1) is 19.6. The van der Waals surface area contributed by atoms with E-state index in [1.165, 1.54) is 18.9 Å². The van der Waals surface area contributed by atoms with E-state index in [1.54, 1.807) is 12.4 Å². The maximum Gasteiger partial charge on any atom is 0.134 e. The molecule has 1 aliphatic heterocycles. The predicted molar refractivity (Wildman–Crippen MR) is 112 cm³/mol. The van der Waals surface area contributed by atoms with Crippen LogP contribution in [0.4, 0.5) is 16.0 Å². The number of aromatic nitrogens is 2. The molecule has 0 radical (unpaired) electrons. The van der Waals surface area contributed by atoms with Crippen LogP contribution in [0.15, 0.2) is 35.1 Å². The van der Waals surface area contributed by atoms with E-state index in [2.05, 4.69) is 36.1 Å². The Labute approximate surface area is 173 Å². The van der Waals surface area contributed by atoms with Crippen molar-refractivity contribution < 1.29 is 9.50 Å². The fourth-order valence-corrected chi connectivity index (χ4v) is 4.42. The Hall–Kier alpha value is -1.73. The number of aliphatic hydroxyl groups excluding tert-OH is 1. The molecule has 0 spiro atoms. The first-order valence-electron chi connectivity index (χ1n) is 10.0. The van der Waals surface area contributed by atoms with Gasteiger partial charge in [0.2, 0.25) is 0 Å². The Bertz CT molecular complexity index is 796. The minimum atomic E-state index is -0.237. The van der Waals surface area contributed by atoms with Crippen molar-refractivity contribution in [1.29, 1.82) is 0 Å². The Balaban J connectivity index is 1.53. The summed E-state index contributed by atoms with van der Waals surface area (Å²) in [5, 5.41) is 13.0. The van der Waals surface area contributed by atoms with Crippen LogP contribution in [0.5, 0.6) is 0 Å². The molecule has 1 saturated carbocycles. The topological polar surface area (TPSA) is 61.3 Å². The molecule has 1 saturated heterocycles. The molecule has 7 heteroatoms. The molecule has 2 aromatic rings. The van der Waals surface area contributed by atoms with Crippen molar-refractivity contribution in [2.24, 2.45) is 11.8 Å². The Kier molecular flexibility index (Phi) is 6.11. The first-order valence-corrected chi connectivity index (χ1v) is 10.8. The highest BCUT2D eigenvalue weighted by molar-refractivity contribution is 9.10. The SMILES string of the molecule is OCC1CCCN(c2cc(NC(CC3CC3)c3cc(F)cc(Br)c3)ncn2)C1. The molecule has 5 nitrogen and oxygen atoms in total. The number of rotatable bonds is 7. The van der Waals surface area contributed by atoms with Crippen LogP contribution in [0, 0.1) is 17.7 Å². The fraction of sp³-hybridized carbons (Fsp3) is 0.524. The number of benzene rings is 1. The zero-order valence-corrected chi connectivity index (χ0v) is 17.4. The van der Waals surface area contributed by atoms with Gasteiger partial charge in [0.1, 0.15) is 23.8 Å². The number of hydrogen-bond donors (Lipinski definition) is 2. The first-order chi connectivity index (χ1) is 13.6. The second-order valence-electron chi connectivity index (χ2n) is 7.98. The van der Waals surface area contributed by atoms with Crippen molar-refractivity contribution in [1.82, 2.24) is 9.97 Å². The Morgan fingerprint density at radius 3 is 2.79 bits per heavy atom. The van der Waals surface area contributed by atoms with Crippen LogP contribution in [0.1, 0.15) is 43.7 Å². The monoisotopic (exact) mass is 448 g/mol. The molecule has 0 amide bonds. The van der Waals surface area contributed by atoms with Gasteiger partial charge < -0.3 is 15.3 Å². The van der Waals surface area contributed by atoms with E-state index in [0.717, 1.165) is 54.0 Å². The fourth-order valence-electron chi connectivity index (χ4n) is 3.94. The molecule has 4 rings (SSSR count). The van der Waals surface area contributed by atoms with Crippen LogP contribution in [0.25, 0.3) is 0 Å². The zero-order valence-electron chi connectivity index (χ0n) is 15.8. The summed E-state index contributed by atoms with van der Waals surface area (Å²) in [6.07, 6.45) is 7.13. The third-order valence-corrected chi connectivity index (χ3v) is 6.09. The Morgan fingerprint density at radius 2 is 2.04 bits per heavy atom. The summed E-state index contributed by atoms with van der Waals surface area (Å²) >= 11 is 3.40. The lowest BCUT2D eigenvalue weighted by Gasteiger charge is -2.32. The van der Waals surface area contributed by atoms with E-state index in [9.17, 15) is 9.50 Å². The van der Waals surface area contributed by atoms with E-state index < -0.39 is 0 Å². The van der Waals surface area contributed by atoms with Crippen molar-refractivity contribution in [3.05, 3.63) is 46.4 Å². The Morgan fingerprint density at radius 1 is 1.18 bits per heavy atom.